The average Bonchev–Trinajstić information content (AvgIpc) is 3.08. The summed E-state index contributed by atoms with van der Waals surface area (Å²) >= 11 is 1.34. The van der Waals surface area contributed by atoms with Crippen molar-refractivity contribution in [3.63, 3.8) is 0 Å². The predicted octanol–water partition coefficient (Wildman–Crippen LogP) is 2.76. The van der Waals surface area contributed by atoms with E-state index in [4.69, 9.17) is 0 Å². The quantitative estimate of drug-likeness (QED) is 0.927. The number of sulfonamides is 1. The van der Waals surface area contributed by atoms with Crippen LogP contribution in [0, 0.1) is 12.8 Å². The first-order valence-corrected chi connectivity index (χ1v) is 10.0. The first-order chi connectivity index (χ1) is 10.00. The Morgan fingerprint density at radius 2 is 1.95 bits per heavy atom. The molecule has 1 N–H and O–H groups in total. The Balaban J connectivity index is 1.86. The van der Waals surface area contributed by atoms with Crippen molar-refractivity contribution >= 4 is 21.4 Å². The lowest BCUT2D eigenvalue weighted by molar-refractivity contribution is 0.0387. The molecule has 3 atom stereocenters. The molecule has 1 saturated heterocycles. The summed E-state index contributed by atoms with van der Waals surface area (Å²) in [6.45, 7) is 2.52. The standard InChI is InChI=1S/C15H23NO3S2/c1-11-8-9-15(20-11)21(18,19)16-10-4-6-13(16)12-5-2-3-7-14(12)17/h8-9,12-14,17H,2-7,10H2,1H3. The Morgan fingerprint density at radius 3 is 2.62 bits per heavy atom. The van der Waals surface area contributed by atoms with Crippen molar-refractivity contribution in [3.05, 3.63) is 17.0 Å². The van der Waals surface area contributed by atoms with E-state index in [2.05, 4.69) is 0 Å². The fraction of sp³-hybridized carbons (Fsp3) is 0.733. The number of thiophene rings is 1. The highest BCUT2D eigenvalue weighted by atomic mass is 32.2. The molecule has 21 heavy (non-hydrogen) atoms. The van der Waals surface area contributed by atoms with Crippen LogP contribution in [0.3, 0.4) is 0 Å². The van der Waals surface area contributed by atoms with Gasteiger partial charge in [0.25, 0.3) is 10.0 Å². The minimum atomic E-state index is -3.40. The maximum absolute atomic E-state index is 12.9. The molecule has 1 aliphatic carbocycles. The molecule has 3 unspecified atom stereocenters. The van der Waals surface area contributed by atoms with Gasteiger partial charge in [-0.3, -0.25) is 0 Å². The van der Waals surface area contributed by atoms with Gasteiger partial charge in [0.15, 0.2) is 0 Å². The molecule has 2 aliphatic rings. The molecule has 2 heterocycles. The summed E-state index contributed by atoms with van der Waals surface area (Å²) in [6.07, 6.45) is 5.35. The van der Waals surface area contributed by atoms with Crippen molar-refractivity contribution in [2.24, 2.45) is 5.92 Å². The van der Waals surface area contributed by atoms with Crippen molar-refractivity contribution in [1.82, 2.24) is 4.31 Å². The van der Waals surface area contributed by atoms with Crippen LogP contribution in [0.1, 0.15) is 43.4 Å². The Morgan fingerprint density at radius 1 is 1.19 bits per heavy atom. The summed E-state index contributed by atoms with van der Waals surface area (Å²) in [6, 6.07) is 3.55. The maximum atomic E-state index is 12.9. The zero-order chi connectivity index (χ0) is 15.0. The van der Waals surface area contributed by atoms with Gasteiger partial charge in [-0.05, 0) is 44.7 Å². The first-order valence-electron chi connectivity index (χ1n) is 7.76. The molecular formula is C15H23NO3S2. The van der Waals surface area contributed by atoms with Crippen molar-refractivity contribution in [1.29, 1.82) is 0 Å². The monoisotopic (exact) mass is 329 g/mol. The second-order valence-electron chi connectivity index (χ2n) is 6.21. The van der Waals surface area contributed by atoms with E-state index < -0.39 is 10.0 Å². The van der Waals surface area contributed by atoms with E-state index in [9.17, 15) is 13.5 Å². The van der Waals surface area contributed by atoms with Gasteiger partial charge in [0.1, 0.15) is 4.21 Å². The highest BCUT2D eigenvalue weighted by Gasteiger charge is 2.42. The lowest BCUT2D eigenvalue weighted by Gasteiger charge is -2.36. The summed E-state index contributed by atoms with van der Waals surface area (Å²) in [7, 11) is -3.40. The van der Waals surface area contributed by atoms with Gasteiger partial charge in [-0.1, -0.05) is 12.8 Å². The molecule has 1 saturated carbocycles. The summed E-state index contributed by atoms with van der Waals surface area (Å²) in [5.41, 5.74) is 0. The van der Waals surface area contributed by atoms with Crippen LogP contribution in [-0.4, -0.2) is 36.5 Å². The van der Waals surface area contributed by atoms with Crippen LogP contribution in [0.5, 0.6) is 0 Å². The van der Waals surface area contributed by atoms with Crippen LogP contribution in [-0.2, 0) is 10.0 Å². The summed E-state index contributed by atoms with van der Waals surface area (Å²) < 4.78 is 27.8. The molecule has 3 rings (SSSR count). The Hall–Kier alpha value is -0.430. The summed E-state index contributed by atoms with van der Waals surface area (Å²) in [5, 5.41) is 10.3. The minimum Gasteiger partial charge on any atom is -0.393 e. The van der Waals surface area contributed by atoms with E-state index in [1.165, 1.54) is 11.3 Å². The van der Waals surface area contributed by atoms with Crippen LogP contribution in [0.2, 0.25) is 0 Å². The Labute approximate surface area is 130 Å². The lowest BCUT2D eigenvalue weighted by Crippen LogP contribution is -2.45. The van der Waals surface area contributed by atoms with Gasteiger partial charge in [0.05, 0.1) is 6.10 Å². The maximum Gasteiger partial charge on any atom is 0.252 e. The normalized spacial score (nSPS) is 31.6. The molecule has 0 aromatic carbocycles. The van der Waals surface area contributed by atoms with Crippen molar-refractivity contribution in [3.8, 4) is 0 Å². The van der Waals surface area contributed by atoms with Crippen molar-refractivity contribution in [2.75, 3.05) is 6.54 Å². The number of aliphatic hydroxyl groups excluding tert-OH is 1. The molecule has 1 aliphatic heterocycles. The van der Waals surface area contributed by atoms with Crippen LogP contribution >= 0.6 is 11.3 Å². The van der Waals surface area contributed by atoms with Gasteiger partial charge in [0.2, 0.25) is 0 Å². The van der Waals surface area contributed by atoms with E-state index in [0.29, 0.717) is 10.8 Å². The average molecular weight is 329 g/mol. The molecule has 1 aromatic heterocycles. The van der Waals surface area contributed by atoms with Gasteiger partial charge >= 0.3 is 0 Å². The molecular weight excluding hydrogens is 306 g/mol. The molecule has 0 amide bonds. The van der Waals surface area contributed by atoms with Gasteiger partial charge in [-0.15, -0.1) is 11.3 Å². The van der Waals surface area contributed by atoms with Crippen molar-refractivity contribution < 1.29 is 13.5 Å². The zero-order valence-electron chi connectivity index (χ0n) is 12.4. The zero-order valence-corrected chi connectivity index (χ0v) is 14.0. The fourth-order valence-electron chi connectivity index (χ4n) is 3.75. The minimum absolute atomic E-state index is 0.0206. The van der Waals surface area contributed by atoms with E-state index in [1.807, 2.05) is 13.0 Å². The number of aliphatic hydroxyl groups is 1. The third-order valence-electron chi connectivity index (χ3n) is 4.80. The highest BCUT2D eigenvalue weighted by molar-refractivity contribution is 7.91. The fourth-order valence-corrected chi connectivity index (χ4v) is 6.90. The summed E-state index contributed by atoms with van der Waals surface area (Å²) in [5.74, 6) is 0.108. The lowest BCUT2D eigenvalue weighted by atomic mass is 9.81. The molecule has 4 nitrogen and oxygen atoms in total. The van der Waals surface area contributed by atoms with Gasteiger partial charge < -0.3 is 5.11 Å². The number of rotatable bonds is 3. The van der Waals surface area contributed by atoms with E-state index in [-0.39, 0.29) is 18.1 Å². The van der Waals surface area contributed by atoms with Crippen LogP contribution in [0.15, 0.2) is 16.3 Å². The van der Waals surface area contributed by atoms with Gasteiger partial charge in [-0.2, -0.15) is 4.31 Å². The smallest absolute Gasteiger partial charge is 0.252 e. The summed E-state index contributed by atoms with van der Waals surface area (Å²) in [4.78, 5) is 1.02. The van der Waals surface area contributed by atoms with E-state index in [0.717, 1.165) is 43.4 Å². The predicted molar refractivity (Wildman–Crippen MR) is 83.9 cm³/mol. The Bertz CT molecular complexity index is 596. The molecule has 0 bridgehead atoms. The second-order valence-corrected chi connectivity index (χ2v) is 9.61. The Kier molecular flexibility index (Phi) is 4.41. The number of aryl methyl sites for hydroxylation is 1. The van der Waals surface area contributed by atoms with Crippen LogP contribution in [0.4, 0.5) is 0 Å². The van der Waals surface area contributed by atoms with Crippen molar-refractivity contribution in [2.45, 2.75) is 61.8 Å². The molecule has 118 valence electrons. The van der Waals surface area contributed by atoms with Gasteiger partial charge in [0, 0.05) is 23.4 Å². The third-order valence-corrected chi connectivity index (χ3v) is 8.20. The first kappa shape index (κ1) is 15.5. The number of hydrogen-bond donors (Lipinski definition) is 1. The van der Waals surface area contributed by atoms with E-state index >= 15 is 0 Å². The molecule has 0 radical (unpaired) electrons. The second kappa shape index (κ2) is 5.99. The molecule has 6 heteroatoms. The largest absolute Gasteiger partial charge is 0.393 e. The highest BCUT2D eigenvalue weighted by Crippen LogP contribution is 2.38. The van der Waals surface area contributed by atoms with E-state index in [1.54, 1.807) is 10.4 Å². The molecule has 2 fully saturated rings. The van der Waals surface area contributed by atoms with Crippen LogP contribution < -0.4 is 0 Å². The molecule has 1 aromatic rings. The topological polar surface area (TPSA) is 57.6 Å². The van der Waals surface area contributed by atoms with Crippen LogP contribution in [0.25, 0.3) is 0 Å². The SMILES string of the molecule is Cc1ccc(S(=O)(=O)N2CCCC2C2CCCCC2O)s1. The molecule has 0 spiro atoms. The third kappa shape index (κ3) is 2.91. The van der Waals surface area contributed by atoms with Gasteiger partial charge in [-0.25, -0.2) is 8.42 Å². The number of nitrogens with zero attached hydrogens (tertiary/aromatic N) is 1. The number of hydrogen-bond acceptors (Lipinski definition) is 4.